The average Bonchev–Trinajstić information content (AvgIpc) is 3.23. The maximum Gasteiger partial charge on any atom is 0.272 e. The summed E-state index contributed by atoms with van der Waals surface area (Å²) in [6.07, 6.45) is 4.66. The van der Waals surface area contributed by atoms with Gasteiger partial charge in [-0.15, -0.1) is 0 Å². The standard InChI is InChI=1S/C22H29N5O/c1-16-9-13-27(14-10-16)21(28)20-15-17(2)23-22(25-20)24-18-5-7-19(8-6-18)26-11-3-4-12-26/h5-8,15-16H,3-4,9-14H2,1-2H3,(H,23,24,25). The number of benzene rings is 1. The van der Waals surface area contributed by atoms with Crippen molar-refractivity contribution in [1.29, 1.82) is 0 Å². The van der Waals surface area contributed by atoms with Crippen LogP contribution in [0, 0.1) is 12.8 Å². The fraction of sp³-hybridized carbons (Fsp3) is 0.500. The van der Waals surface area contributed by atoms with E-state index in [1.165, 1.54) is 18.5 Å². The zero-order valence-electron chi connectivity index (χ0n) is 16.8. The molecular weight excluding hydrogens is 350 g/mol. The van der Waals surface area contributed by atoms with Gasteiger partial charge >= 0.3 is 0 Å². The number of anilines is 3. The third kappa shape index (κ3) is 4.26. The Bertz CT molecular complexity index is 821. The molecule has 0 spiro atoms. The molecule has 0 atom stereocenters. The maximum absolute atomic E-state index is 12.9. The zero-order valence-corrected chi connectivity index (χ0v) is 16.8. The number of aryl methyl sites for hydroxylation is 1. The second-order valence-corrected chi connectivity index (χ2v) is 8.06. The normalized spacial score (nSPS) is 17.8. The van der Waals surface area contributed by atoms with Crippen LogP contribution in [-0.2, 0) is 0 Å². The SMILES string of the molecule is Cc1cc(C(=O)N2CCC(C)CC2)nc(Nc2ccc(N3CCCC3)cc2)n1. The van der Waals surface area contributed by atoms with Gasteiger partial charge in [0.2, 0.25) is 5.95 Å². The van der Waals surface area contributed by atoms with Gasteiger partial charge in [0, 0.05) is 43.2 Å². The fourth-order valence-electron chi connectivity index (χ4n) is 3.97. The van der Waals surface area contributed by atoms with Crippen LogP contribution in [0.25, 0.3) is 0 Å². The third-order valence-corrected chi connectivity index (χ3v) is 5.74. The van der Waals surface area contributed by atoms with Crippen LogP contribution in [0.15, 0.2) is 30.3 Å². The minimum absolute atomic E-state index is 0.00447. The van der Waals surface area contributed by atoms with E-state index in [0.717, 1.165) is 50.4 Å². The Morgan fingerprint density at radius 3 is 2.39 bits per heavy atom. The first-order chi connectivity index (χ1) is 13.6. The monoisotopic (exact) mass is 379 g/mol. The molecule has 2 aliphatic heterocycles. The Hall–Kier alpha value is -2.63. The first kappa shape index (κ1) is 18.7. The fourth-order valence-corrected chi connectivity index (χ4v) is 3.97. The molecule has 0 saturated carbocycles. The minimum Gasteiger partial charge on any atom is -0.372 e. The van der Waals surface area contributed by atoms with Gasteiger partial charge in [-0.05, 0) is 68.9 Å². The van der Waals surface area contributed by atoms with Crippen molar-refractivity contribution in [2.24, 2.45) is 5.92 Å². The molecule has 2 aliphatic rings. The second-order valence-electron chi connectivity index (χ2n) is 8.06. The molecule has 1 amide bonds. The number of carbonyl (C=O) groups is 1. The van der Waals surface area contributed by atoms with E-state index in [9.17, 15) is 4.79 Å². The highest BCUT2D eigenvalue weighted by Gasteiger charge is 2.23. The van der Waals surface area contributed by atoms with Crippen molar-refractivity contribution in [3.05, 3.63) is 41.7 Å². The first-order valence-corrected chi connectivity index (χ1v) is 10.4. The lowest BCUT2D eigenvalue weighted by Gasteiger charge is -2.30. The van der Waals surface area contributed by atoms with Crippen LogP contribution in [0.5, 0.6) is 0 Å². The molecule has 6 nitrogen and oxygen atoms in total. The van der Waals surface area contributed by atoms with Gasteiger partial charge in [0.15, 0.2) is 0 Å². The maximum atomic E-state index is 12.9. The molecule has 4 rings (SSSR count). The first-order valence-electron chi connectivity index (χ1n) is 10.4. The van der Waals surface area contributed by atoms with Gasteiger partial charge in [-0.25, -0.2) is 9.97 Å². The van der Waals surface area contributed by atoms with Gasteiger partial charge < -0.3 is 15.1 Å². The van der Waals surface area contributed by atoms with Crippen molar-refractivity contribution in [3.63, 3.8) is 0 Å². The predicted octanol–water partition coefficient (Wildman–Crippen LogP) is 4.00. The highest BCUT2D eigenvalue weighted by Crippen LogP contribution is 2.24. The number of rotatable bonds is 4. The molecule has 148 valence electrons. The summed E-state index contributed by atoms with van der Waals surface area (Å²) in [5.74, 6) is 1.17. The van der Waals surface area contributed by atoms with Crippen LogP contribution in [0.4, 0.5) is 17.3 Å². The Morgan fingerprint density at radius 1 is 1.04 bits per heavy atom. The van der Waals surface area contributed by atoms with Crippen LogP contribution in [0.1, 0.15) is 48.8 Å². The van der Waals surface area contributed by atoms with Gasteiger partial charge in [0.25, 0.3) is 5.91 Å². The number of aromatic nitrogens is 2. The lowest BCUT2D eigenvalue weighted by atomic mass is 9.99. The van der Waals surface area contributed by atoms with Crippen molar-refractivity contribution >= 4 is 23.2 Å². The Labute approximate surface area is 167 Å². The highest BCUT2D eigenvalue weighted by molar-refractivity contribution is 5.92. The van der Waals surface area contributed by atoms with E-state index in [4.69, 9.17) is 0 Å². The molecule has 1 aromatic carbocycles. The Kier molecular flexibility index (Phi) is 5.46. The molecule has 0 bridgehead atoms. The molecular formula is C22H29N5O. The smallest absolute Gasteiger partial charge is 0.272 e. The molecule has 6 heteroatoms. The summed E-state index contributed by atoms with van der Waals surface area (Å²) in [5.41, 5.74) is 3.44. The molecule has 3 heterocycles. The third-order valence-electron chi connectivity index (χ3n) is 5.74. The summed E-state index contributed by atoms with van der Waals surface area (Å²) >= 11 is 0. The van der Waals surface area contributed by atoms with Crippen molar-refractivity contribution in [2.75, 3.05) is 36.4 Å². The summed E-state index contributed by atoms with van der Waals surface area (Å²) in [6, 6.07) is 10.1. The molecule has 28 heavy (non-hydrogen) atoms. The largest absolute Gasteiger partial charge is 0.372 e. The van der Waals surface area contributed by atoms with Crippen molar-refractivity contribution in [3.8, 4) is 0 Å². The van der Waals surface area contributed by atoms with Crippen LogP contribution in [0.3, 0.4) is 0 Å². The number of nitrogens with zero attached hydrogens (tertiary/aromatic N) is 4. The molecule has 0 radical (unpaired) electrons. The summed E-state index contributed by atoms with van der Waals surface area (Å²) in [7, 11) is 0. The zero-order chi connectivity index (χ0) is 19.5. The van der Waals surface area contributed by atoms with Crippen molar-refractivity contribution in [1.82, 2.24) is 14.9 Å². The summed E-state index contributed by atoms with van der Waals surface area (Å²) in [5, 5.41) is 3.26. The van der Waals surface area contributed by atoms with Gasteiger partial charge in [-0.3, -0.25) is 4.79 Å². The average molecular weight is 380 g/mol. The number of hydrogen-bond donors (Lipinski definition) is 1. The number of carbonyl (C=O) groups excluding carboxylic acids is 1. The van der Waals surface area contributed by atoms with Crippen LogP contribution in [0.2, 0.25) is 0 Å². The molecule has 1 aromatic heterocycles. The Balaban J connectivity index is 1.47. The summed E-state index contributed by atoms with van der Waals surface area (Å²) < 4.78 is 0. The number of nitrogens with one attached hydrogen (secondary N) is 1. The number of likely N-dealkylation sites (tertiary alicyclic amines) is 1. The van der Waals surface area contributed by atoms with Gasteiger partial charge in [-0.2, -0.15) is 0 Å². The molecule has 1 N–H and O–H groups in total. The molecule has 2 fully saturated rings. The van der Waals surface area contributed by atoms with Crippen LogP contribution < -0.4 is 10.2 Å². The summed E-state index contributed by atoms with van der Waals surface area (Å²) in [6.45, 7) is 8.03. The van der Waals surface area contributed by atoms with E-state index in [1.807, 2.05) is 24.0 Å². The van der Waals surface area contributed by atoms with E-state index < -0.39 is 0 Å². The predicted molar refractivity (Wildman–Crippen MR) is 112 cm³/mol. The van der Waals surface area contributed by atoms with E-state index >= 15 is 0 Å². The quantitative estimate of drug-likeness (QED) is 0.870. The highest BCUT2D eigenvalue weighted by atomic mass is 16.2. The van der Waals surface area contributed by atoms with E-state index in [-0.39, 0.29) is 5.91 Å². The number of piperidine rings is 1. The van der Waals surface area contributed by atoms with Crippen LogP contribution in [-0.4, -0.2) is 47.0 Å². The lowest BCUT2D eigenvalue weighted by molar-refractivity contribution is 0.0691. The minimum atomic E-state index is 0.00447. The van der Waals surface area contributed by atoms with Gasteiger partial charge in [0.05, 0.1) is 0 Å². The number of hydrogen-bond acceptors (Lipinski definition) is 5. The molecule has 2 saturated heterocycles. The second kappa shape index (κ2) is 8.17. The number of amides is 1. The van der Waals surface area contributed by atoms with Crippen molar-refractivity contribution in [2.45, 2.75) is 39.5 Å². The van der Waals surface area contributed by atoms with Gasteiger partial charge in [0.1, 0.15) is 5.69 Å². The van der Waals surface area contributed by atoms with Gasteiger partial charge in [-0.1, -0.05) is 6.92 Å². The molecule has 0 unspecified atom stereocenters. The van der Waals surface area contributed by atoms with E-state index in [0.29, 0.717) is 17.6 Å². The Morgan fingerprint density at radius 2 is 1.71 bits per heavy atom. The van der Waals surface area contributed by atoms with Crippen LogP contribution >= 0.6 is 0 Å². The lowest BCUT2D eigenvalue weighted by Crippen LogP contribution is -2.38. The van der Waals surface area contributed by atoms with E-state index in [1.54, 1.807) is 6.07 Å². The van der Waals surface area contributed by atoms with Crippen molar-refractivity contribution < 1.29 is 4.79 Å². The topological polar surface area (TPSA) is 61.4 Å². The summed E-state index contributed by atoms with van der Waals surface area (Å²) in [4.78, 5) is 26.1. The molecule has 0 aliphatic carbocycles. The molecule has 2 aromatic rings. The van der Waals surface area contributed by atoms with E-state index in [2.05, 4.69) is 39.2 Å².